The lowest BCUT2D eigenvalue weighted by atomic mass is 9.92. The lowest BCUT2D eigenvalue weighted by Crippen LogP contribution is -2.45. The van der Waals surface area contributed by atoms with Gasteiger partial charge in [-0.2, -0.15) is 5.10 Å². The molecule has 0 aliphatic heterocycles. The summed E-state index contributed by atoms with van der Waals surface area (Å²) in [4.78, 5) is 34.6. The number of benzene rings is 1. The van der Waals surface area contributed by atoms with E-state index < -0.39 is 23.4 Å². The number of carbonyl (C=O) groups excluding carboxylic acids is 1. The van der Waals surface area contributed by atoms with Crippen molar-refractivity contribution < 1.29 is 14.3 Å². The number of amides is 1. The molecule has 1 aliphatic carbocycles. The number of aliphatic hydroxyl groups is 1. The molecule has 1 amide bonds. The maximum Gasteiger partial charge on any atom is 0.279 e. The van der Waals surface area contributed by atoms with Gasteiger partial charge in [0.25, 0.3) is 11.5 Å². The summed E-state index contributed by atoms with van der Waals surface area (Å²) in [5.41, 5.74) is 1.41. The van der Waals surface area contributed by atoms with Crippen molar-refractivity contribution >= 4 is 16.9 Å². The highest BCUT2D eigenvalue weighted by atomic mass is 19.1. The van der Waals surface area contributed by atoms with Crippen molar-refractivity contribution in [2.45, 2.75) is 44.4 Å². The van der Waals surface area contributed by atoms with E-state index >= 15 is 4.39 Å². The van der Waals surface area contributed by atoms with Crippen LogP contribution in [0.25, 0.3) is 22.3 Å². The number of carbonyl (C=O) groups is 1. The normalized spacial score (nSPS) is 18.0. The maximum atomic E-state index is 15.0. The number of nitrogens with zero attached hydrogens (tertiary/aromatic N) is 5. The Labute approximate surface area is 200 Å². The topological polar surface area (TPSA) is 115 Å². The first kappa shape index (κ1) is 22.9. The Morgan fingerprint density at radius 2 is 1.94 bits per heavy atom. The smallest absolute Gasteiger partial charge is 0.279 e. The average Bonchev–Trinajstić information content (AvgIpc) is 3.29. The van der Waals surface area contributed by atoms with E-state index in [9.17, 15) is 14.7 Å². The molecule has 5 rings (SSSR count). The van der Waals surface area contributed by atoms with Crippen LogP contribution in [0.2, 0.25) is 0 Å². The predicted molar refractivity (Wildman–Crippen MR) is 127 cm³/mol. The van der Waals surface area contributed by atoms with Crippen LogP contribution in [-0.4, -0.2) is 47.5 Å². The number of fused-ring (bicyclic) bond motifs is 1. The summed E-state index contributed by atoms with van der Waals surface area (Å²) in [6, 6.07) is 6.13. The van der Waals surface area contributed by atoms with Gasteiger partial charge in [-0.3, -0.25) is 19.3 Å². The van der Waals surface area contributed by atoms with Gasteiger partial charge in [-0.05, 0) is 25.0 Å². The Morgan fingerprint density at radius 1 is 1.17 bits per heavy atom. The largest absolute Gasteiger partial charge is 0.391 e. The number of rotatable bonds is 5. The standard InChI is InChI=1S/C25H25FN6O3/c1-31-11-8-19(30-31)15-6-7-16(18(26)12-15)13-32-14-17(22-23(25(32)35)28-10-9-27-22)24(34)29-20-4-2-3-5-21(20)33/h6-12,14,20-21,33H,2-5,13H2,1H3,(H,29,34)/t20-,21-/m0/s1. The highest BCUT2D eigenvalue weighted by Crippen LogP contribution is 2.22. The van der Waals surface area contributed by atoms with Crippen molar-refractivity contribution in [3.8, 4) is 11.3 Å². The molecule has 1 aliphatic rings. The summed E-state index contributed by atoms with van der Waals surface area (Å²) in [6.07, 6.45) is 8.45. The summed E-state index contributed by atoms with van der Waals surface area (Å²) in [6.45, 7) is -0.0913. The van der Waals surface area contributed by atoms with Crippen LogP contribution in [0.5, 0.6) is 0 Å². The summed E-state index contributed by atoms with van der Waals surface area (Å²) in [7, 11) is 1.78. The molecule has 1 saturated carbocycles. The number of nitrogens with one attached hydrogen (secondary N) is 1. The number of hydrogen-bond acceptors (Lipinski definition) is 6. The van der Waals surface area contributed by atoms with Gasteiger partial charge in [0.15, 0.2) is 5.52 Å². The molecule has 2 atom stereocenters. The summed E-state index contributed by atoms with van der Waals surface area (Å²) in [5, 5.41) is 17.4. The van der Waals surface area contributed by atoms with Crippen LogP contribution in [-0.2, 0) is 13.6 Å². The molecule has 0 saturated heterocycles. The van der Waals surface area contributed by atoms with Gasteiger partial charge in [0.05, 0.1) is 29.9 Å². The first-order valence-electron chi connectivity index (χ1n) is 11.5. The Balaban J connectivity index is 1.49. The van der Waals surface area contributed by atoms with E-state index in [1.807, 2.05) is 0 Å². The van der Waals surface area contributed by atoms with E-state index in [4.69, 9.17) is 0 Å². The zero-order chi connectivity index (χ0) is 24.5. The molecule has 9 nitrogen and oxygen atoms in total. The monoisotopic (exact) mass is 476 g/mol. The zero-order valence-electron chi connectivity index (χ0n) is 19.2. The molecule has 1 aromatic carbocycles. The summed E-state index contributed by atoms with van der Waals surface area (Å²) in [5.74, 6) is -0.947. The SMILES string of the molecule is Cn1ccc(-c2ccc(Cn3cc(C(=O)N[C@H]4CCCC[C@@H]4O)c4nccnc4c3=O)c(F)c2)n1. The van der Waals surface area contributed by atoms with Crippen molar-refractivity contribution in [1.82, 2.24) is 29.6 Å². The number of hydrogen-bond donors (Lipinski definition) is 2. The average molecular weight is 477 g/mol. The zero-order valence-corrected chi connectivity index (χ0v) is 19.2. The second-order valence-electron chi connectivity index (χ2n) is 8.84. The first-order valence-corrected chi connectivity index (χ1v) is 11.5. The Morgan fingerprint density at radius 3 is 2.66 bits per heavy atom. The van der Waals surface area contributed by atoms with Crippen LogP contribution < -0.4 is 10.9 Å². The fourth-order valence-electron chi connectivity index (χ4n) is 4.50. The number of halogens is 1. The minimum Gasteiger partial charge on any atom is -0.391 e. The minimum atomic E-state index is -0.623. The third-order valence-electron chi connectivity index (χ3n) is 6.40. The number of aromatic nitrogens is 5. The molecule has 3 heterocycles. The molecule has 35 heavy (non-hydrogen) atoms. The van der Waals surface area contributed by atoms with Gasteiger partial charge in [0, 0.05) is 43.0 Å². The van der Waals surface area contributed by atoms with Crippen molar-refractivity contribution in [2.24, 2.45) is 7.05 Å². The van der Waals surface area contributed by atoms with Gasteiger partial charge in [0.1, 0.15) is 11.3 Å². The number of aryl methyl sites for hydroxylation is 1. The fourth-order valence-corrected chi connectivity index (χ4v) is 4.50. The maximum absolute atomic E-state index is 15.0. The van der Waals surface area contributed by atoms with Crippen LogP contribution in [0.15, 0.2) is 53.8 Å². The van der Waals surface area contributed by atoms with E-state index in [0.29, 0.717) is 24.1 Å². The molecule has 2 N–H and O–H groups in total. The number of pyridine rings is 1. The molecule has 0 bridgehead atoms. The van der Waals surface area contributed by atoms with E-state index in [1.165, 1.54) is 29.2 Å². The molecule has 0 radical (unpaired) electrons. The molecule has 3 aromatic heterocycles. The molecular formula is C25H25FN6O3. The quantitative estimate of drug-likeness (QED) is 0.457. The molecule has 10 heteroatoms. The second-order valence-corrected chi connectivity index (χ2v) is 8.84. The first-order chi connectivity index (χ1) is 16.9. The number of aliphatic hydroxyl groups excluding tert-OH is 1. The molecule has 180 valence electrons. The van der Waals surface area contributed by atoms with Gasteiger partial charge >= 0.3 is 0 Å². The Kier molecular flexibility index (Phi) is 6.12. The van der Waals surface area contributed by atoms with Gasteiger partial charge < -0.3 is 15.0 Å². The lowest BCUT2D eigenvalue weighted by molar-refractivity contribution is 0.0718. The summed E-state index contributed by atoms with van der Waals surface area (Å²) < 4.78 is 17.9. The molecule has 4 aromatic rings. The molecular weight excluding hydrogens is 451 g/mol. The van der Waals surface area contributed by atoms with E-state index in [-0.39, 0.29) is 34.7 Å². The third-order valence-corrected chi connectivity index (χ3v) is 6.40. The van der Waals surface area contributed by atoms with Crippen LogP contribution in [0.3, 0.4) is 0 Å². The van der Waals surface area contributed by atoms with Crippen LogP contribution >= 0.6 is 0 Å². The van der Waals surface area contributed by atoms with Crippen molar-refractivity contribution in [3.05, 3.63) is 76.4 Å². The van der Waals surface area contributed by atoms with Crippen LogP contribution in [0.1, 0.15) is 41.6 Å². The Bertz CT molecular complexity index is 1460. The van der Waals surface area contributed by atoms with E-state index in [2.05, 4.69) is 20.4 Å². The van der Waals surface area contributed by atoms with Gasteiger partial charge in [0.2, 0.25) is 0 Å². The predicted octanol–water partition coefficient (Wildman–Crippen LogP) is 2.41. The van der Waals surface area contributed by atoms with Crippen molar-refractivity contribution in [2.75, 3.05) is 0 Å². The highest BCUT2D eigenvalue weighted by Gasteiger charge is 2.26. The lowest BCUT2D eigenvalue weighted by Gasteiger charge is -2.28. The Hall–Kier alpha value is -3.92. The van der Waals surface area contributed by atoms with Crippen LogP contribution in [0, 0.1) is 5.82 Å². The van der Waals surface area contributed by atoms with Gasteiger partial charge in [-0.1, -0.05) is 25.0 Å². The molecule has 0 unspecified atom stereocenters. The van der Waals surface area contributed by atoms with Crippen molar-refractivity contribution in [3.63, 3.8) is 0 Å². The second kappa shape index (κ2) is 9.38. The molecule has 0 spiro atoms. The van der Waals surface area contributed by atoms with Crippen molar-refractivity contribution in [1.29, 1.82) is 0 Å². The van der Waals surface area contributed by atoms with E-state index in [1.54, 1.807) is 36.1 Å². The molecule has 1 fully saturated rings. The summed E-state index contributed by atoms with van der Waals surface area (Å²) >= 11 is 0. The highest BCUT2D eigenvalue weighted by molar-refractivity contribution is 6.04. The van der Waals surface area contributed by atoms with Crippen LogP contribution in [0.4, 0.5) is 4.39 Å². The third kappa shape index (κ3) is 4.57. The fraction of sp³-hybridized carbons (Fsp3) is 0.320. The van der Waals surface area contributed by atoms with Gasteiger partial charge in [-0.15, -0.1) is 0 Å². The van der Waals surface area contributed by atoms with Gasteiger partial charge in [-0.25, -0.2) is 9.37 Å². The minimum absolute atomic E-state index is 0.0230. The van der Waals surface area contributed by atoms with E-state index in [0.717, 1.165) is 12.8 Å².